The Morgan fingerprint density at radius 3 is 2.48 bits per heavy atom. The summed E-state index contributed by atoms with van der Waals surface area (Å²) in [6, 6.07) is 5.32. The number of pyridine rings is 2. The van der Waals surface area contributed by atoms with E-state index in [4.69, 9.17) is 0 Å². The molecule has 0 bridgehead atoms. The molecule has 0 atom stereocenters. The number of rotatable bonds is 3. The zero-order valence-corrected chi connectivity index (χ0v) is 13.9. The molecule has 0 N–H and O–H groups in total. The smallest absolute Gasteiger partial charge is 0.177 e. The molecule has 0 aliphatic rings. The van der Waals surface area contributed by atoms with E-state index in [1.165, 1.54) is 12.5 Å². The molecule has 3 heterocycles. The summed E-state index contributed by atoms with van der Waals surface area (Å²) in [4.78, 5) is 13.0. The first-order chi connectivity index (χ1) is 10.9. The van der Waals surface area contributed by atoms with Crippen LogP contribution in [0.1, 0.15) is 5.69 Å². The monoisotopic (exact) mass is 328 g/mol. The van der Waals surface area contributed by atoms with Gasteiger partial charge in [0.15, 0.2) is 15.7 Å². The minimum atomic E-state index is -3.29. The van der Waals surface area contributed by atoms with Gasteiger partial charge in [0, 0.05) is 49.3 Å². The third-order valence-corrected chi connectivity index (χ3v) is 4.76. The molecule has 0 spiro atoms. The van der Waals surface area contributed by atoms with Crippen LogP contribution >= 0.6 is 0 Å². The van der Waals surface area contributed by atoms with E-state index in [9.17, 15) is 8.42 Å². The summed E-state index contributed by atoms with van der Waals surface area (Å²) >= 11 is 0. The highest BCUT2D eigenvalue weighted by Crippen LogP contribution is 2.25. The fraction of sp³-hybridized carbons (Fsp3) is 0.188. The molecule has 118 valence electrons. The molecule has 7 heteroatoms. The SMILES string of the molecule is Cc1cnc(-c2cc(-c3cncc(S(C)(=O)=O)c3)ccn2)n1C. The van der Waals surface area contributed by atoms with Gasteiger partial charge < -0.3 is 4.57 Å². The van der Waals surface area contributed by atoms with Crippen LogP contribution in [0.25, 0.3) is 22.6 Å². The quantitative estimate of drug-likeness (QED) is 0.737. The molecular formula is C16H16N4O2S. The number of hydrogen-bond donors (Lipinski definition) is 0. The molecule has 3 aromatic heterocycles. The summed E-state index contributed by atoms with van der Waals surface area (Å²) in [6.45, 7) is 1.97. The zero-order chi connectivity index (χ0) is 16.6. The third kappa shape index (κ3) is 3.00. The van der Waals surface area contributed by atoms with E-state index in [0.29, 0.717) is 0 Å². The van der Waals surface area contributed by atoms with E-state index < -0.39 is 9.84 Å². The van der Waals surface area contributed by atoms with E-state index in [2.05, 4.69) is 15.0 Å². The highest BCUT2D eigenvalue weighted by Gasteiger charge is 2.12. The molecule has 0 aromatic carbocycles. The molecule has 3 aromatic rings. The van der Waals surface area contributed by atoms with E-state index in [1.54, 1.807) is 24.7 Å². The summed E-state index contributed by atoms with van der Waals surface area (Å²) in [5.74, 6) is 0.761. The average Bonchev–Trinajstić information content (AvgIpc) is 2.86. The number of imidazole rings is 1. The van der Waals surface area contributed by atoms with Crippen LogP contribution in [0.15, 0.2) is 47.9 Å². The Kier molecular flexibility index (Phi) is 3.73. The van der Waals surface area contributed by atoms with Gasteiger partial charge in [-0.05, 0) is 30.7 Å². The van der Waals surface area contributed by atoms with Crippen LogP contribution < -0.4 is 0 Å². The van der Waals surface area contributed by atoms with E-state index in [0.717, 1.165) is 28.3 Å². The van der Waals surface area contributed by atoms with Gasteiger partial charge in [0.25, 0.3) is 0 Å². The molecule has 0 radical (unpaired) electrons. The second-order valence-electron chi connectivity index (χ2n) is 5.39. The summed E-state index contributed by atoms with van der Waals surface area (Å²) in [5, 5.41) is 0. The Bertz CT molecular complexity index is 977. The summed E-state index contributed by atoms with van der Waals surface area (Å²) in [6.07, 6.45) is 7.63. The fourth-order valence-corrected chi connectivity index (χ4v) is 2.84. The molecule has 23 heavy (non-hydrogen) atoms. The molecule has 0 unspecified atom stereocenters. The van der Waals surface area contributed by atoms with Crippen molar-refractivity contribution in [1.82, 2.24) is 19.5 Å². The maximum absolute atomic E-state index is 11.7. The summed E-state index contributed by atoms with van der Waals surface area (Å²) < 4.78 is 25.3. The lowest BCUT2D eigenvalue weighted by Gasteiger charge is -2.07. The largest absolute Gasteiger partial charge is 0.330 e. The van der Waals surface area contributed by atoms with Crippen LogP contribution in [0.2, 0.25) is 0 Å². The lowest BCUT2D eigenvalue weighted by Crippen LogP contribution is -1.99. The first-order valence-corrected chi connectivity index (χ1v) is 8.85. The van der Waals surface area contributed by atoms with Gasteiger partial charge in [-0.2, -0.15) is 0 Å². The average molecular weight is 328 g/mol. The van der Waals surface area contributed by atoms with Crippen LogP contribution in [-0.4, -0.2) is 34.2 Å². The van der Waals surface area contributed by atoms with Gasteiger partial charge in [-0.25, -0.2) is 13.4 Å². The van der Waals surface area contributed by atoms with Crippen LogP contribution in [0.4, 0.5) is 0 Å². The van der Waals surface area contributed by atoms with Crippen LogP contribution in [0.3, 0.4) is 0 Å². The number of aryl methyl sites for hydroxylation is 1. The number of sulfone groups is 1. The highest BCUT2D eigenvalue weighted by atomic mass is 32.2. The minimum absolute atomic E-state index is 0.196. The van der Waals surface area contributed by atoms with Gasteiger partial charge in [0.1, 0.15) is 5.69 Å². The van der Waals surface area contributed by atoms with Crippen molar-refractivity contribution < 1.29 is 8.42 Å². The number of hydrogen-bond acceptors (Lipinski definition) is 5. The van der Waals surface area contributed by atoms with Crippen molar-refractivity contribution in [3.8, 4) is 22.6 Å². The molecule has 3 rings (SSSR count). The molecular weight excluding hydrogens is 312 g/mol. The second-order valence-corrected chi connectivity index (χ2v) is 7.41. The predicted octanol–water partition coefficient (Wildman–Crippen LogP) is 2.26. The Morgan fingerprint density at radius 1 is 1.04 bits per heavy atom. The van der Waals surface area contributed by atoms with Gasteiger partial charge in [-0.3, -0.25) is 9.97 Å². The number of nitrogens with zero attached hydrogens (tertiary/aromatic N) is 4. The number of aromatic nitrogens is 4. The zero-order valence-electron chi connectivity index (χ0n) is 13.1. The molecule has 0 amide bonds. The van der Waals surface area contributed by atoms with Gasteiger partial charge in [0.05, 0.1) is 4.90 Å². The lowest BCUT2D eigenvalue weighted by molar-refractivity contribution is 0.601. The Morgan fingerprint density at radius 2 is 1.83 bits per heavy atom. The Labute approximate surface area is 134 Å². The van der Waals surface area contributed by atoms with Gasteiger partial charge in [-0.1, -0.05) is 0 Å². The second kappa shape index (κ2) is 5.58. The molecule has 0 fully saturated rings. The first-order valence-electron chi connectivity index (χ1n) is 6.96. The predicted molar refractivity (Wildman–Crippen MR) is 87.5 cm³/mol. The van der Waals surface area contributed by atoms with Crippen molar-refractivity contribution in [3.05, 3.63) is 48.7 Å². The standard InChI is InChI=1S/C16H16N4O2S/c1-11-8-19-16(20(11)2)15-7-12(4-5-18-15)13-6-14(10-17-9-13)23(3,21)22/h4-10H,1-3H3. The van der Waals surface area contributed by atoms with Crippen molar-refractivity contribution >= 4 is 9.84 Å². The van der Waals surface area contributed by atoms with Crippen molar-refractivity contribution in [3.63, 3.8) is 0 Å². The van der Waals surface area contributed by atoms with Crippen LogP contribution in [0.5, 0.6) is 0 Å². The lowest BCUT2D eigenvalue weighted by atomic mass is 10.1. The maximum Gasteiger partial charge on any atom is 0.177 e. The van der Waals surface area contributed by atoms with Gasteiger partial charge in [0.2, 0.25) is 0 Å². The maximum atomic E-state index is 11.7. The van der Waals surface area contributed by atoms with Gasteiger partial charge in [-0.15, -0.1) is 0 Å². The van der Waals surface area contributed by atoms with Gasteiger partial charge >= 0.3 is 0 Å². The summed E-state index contributed by atoms with van der Waals surface area (Å²) in [5.41, 5.74) is 3.33. The van der Waals surface area contributed by atoms with Crippen LogP contribution in [0, 0.1) is 6.92 Å². The van der Waals surface area contributed by atoms with Crippen LogP contribution in [-0.2, 0) is 16.9 Å². The fourth-order valence-electron chi connectivity index (χ4n) is 2.24. The summed E-state index contributed by atoms with van der Waals surface area (Å²) in [7, 11) is -1.37. The molecule has 0 aliphatic heterocycles. The third-order valence-electron chi connectivity index (χ3n) is 3.68. The Hall–Kier alpha value is -2.54. The van der Waals surface area contributed by atoms with Crippen molar-refractivity contribution in [1.29, 1.82) is 0 Å². The molecule has 6 nitrogen and oxygen atoms in total. The van der Waals surface area contributed by atoms with Crippen molar-refractivity contribution in [2.24, 2.45) is 7.05 Å². The van der Waals surface area contributed by atoms with E-state index in [-0.39, 0.29) is 4.90 Å². The van der Waals surface area contributed by atoms with E-state index in [1.807, 2.05) is 30.7 Å². The van der Waals surface area contributed by atoms with Crippen molar-refractivity contribution in [2.45, 2.75) is 11.8 Å². The highest BCUT2D eigenvalue weighted by molar-refractivity contribution is 7.90. The first kappa shape index (κ1) is 15.4. The van der Waals surface area contributed by atoms with Crippen molar-refractivity contribution in [2.75, 3.05) is 6.26 Å². The molecule has 0 saturated heterocycles. The molecule has 0 saturated carbocycles. The van der Waals surface area contributed by atoms with E-state index >= 15 is 0 Å². The molecule has 0 aliphatic carbocycles. The minimum Gasteiger partial charge on any atom is -0.330 e. The topological polar surface area (TPSA) is 77.7 Å². The normalized spacial score (nSPS) is 11.6. The Balaban J connectivity index is 2.09.